The number of nitrogens with zero attached hydrogens (tertiary/aromatic N) is 3. The molecule has 118 valence electrons. The highest BCUT2D eigenvalue weighted by molar-refractivity contribution is 6.31. The molecule has 3 rings (SSSR count). The molecule has 2 aromatic rings. The highest BCUT2D eigenvalue weighted by Gasteiger charge is 2.25. The molecule has 0 saturated carbocycles. The molecule has 6 heteroatoms. The van der Waals surface area contributed by atoms with E-state index in [9.17, 15) is 0 Å². The Morgan fingerprint density at radius 3 is 2.55 bits per heavy atom. The molecular weight excluding hydrogens is 341 g/mol. The van der Waals surface area contributed by atoms with Crippen LogP contribution in [0.1, 0.15) is 22.7 Å². The van der Waals surface area contributed by atoms with Crippen LogP contribution in [0.4, 0.5) is 0 Å². The minimum atomic E-state index is -0.0245. The minimum Gasteiger partial charge on any atom is -0.366 e. The third-order valence-electron chi connectivity index (χ3n) is 3.58. The first-order valence-corrected chi connectivity index (χ1v) is 6.96. The Balaban J connectivity index is 0.00000121. The summed E-state index contributed by atoms with van der Waals surface area (Å²) in [6, 6.07) is 10.0. The molecule has 0 radical (unpaired) electrons. The lowest BCUT2D eigenvalue weighted by Gasteiger charge is -2.28. The molecule has 0 saturated heterocycles. The van der Waals surface area contributed by atoms with Crippen LogP contribution in [0.3, 0.4) is 0 Å². The largest absolute Gasteiger partial charge is 0.366 e. The van der Waals surface area contributed by atoms with Gasteiger partial charge in [0.2, 0.25) is 0 Å². The van der Waals surface area contributed by atoms with E-state index in [1.807, 2.05) is 38.5 Å². The van der Waals surface area contributed by atoms with Crippen molar-refractivity contribution in [3.63, 3.8) is 0 Å². The summed E-state index contributed by atoms with van der Waals surface area (Å²) in [5.74, 6) is 1.04. The fraction of sp³-hybridized carbons (Fsp3) is 0.250. The van der Waals surface area contributed by atoms with Crippen molar-refractivity contribution in [1.82, 2.24) is 9.88 Å². The van der Waals surface area contributed by atoms with E-state index in [0.717, 1.165) is 22.8 Å². The Morgan fingerprint density at radius 2 is 1.91 bits per heavy atom. The summed E-state index contributed by atoms with van der Waals surface area (Å²) in [6.45, 7) is 0. The van der Waals surface area contributed by atoms with Gasteiger partial charge in [0.25, 0.3) is 0 Å². The maximum atomic E-state index is 6.38. The van der Waals surface area contributed by atoms with Crippen molar-refractivity contribution in [2.75, 3.05) is 14.1 Å². The zero-order valence-electron chi connectivity index (χ0n) is 12.4. The van der Waals surface area contributed by atoms with Gasteiger partial charge in [-0.2, -0.15) is 0 Å². The van der Waals surface area contributed by atoms with Gasteiger partial charge in [-0.1, -0.05) is 29.8 Å². The fourth-order valence-corrected chi connectivity index (χ4v) is 2.75. The first kappa shape index (κ1) is 18.8. The molecule has 22 heavy (non-hydrogen) atoms. The Morgan fingerprint density at radius 1 is 1.14 bits per heavy atom. The molecule has 1 aliphatic heterocycles. The van der Waals surface area contributed by atoms with Crippen molar-refractivity contribution in [1.29, 1.82) is 0 Å². The summed E-state index contributed by atoms with van der Waals surface area (Å²) in [7, 11) is 4.03. The van der Waals surface area contributed by atoms with Gasteiger partial charge in [-0.3, -0.25) is 9.98 Å². The lowest BCUT2D eigenvalue weighted by molar-refractivity contribution is 0.591. The van der Waals surface area contributed by atoms with E-state index in [-0.39, 0.29) is 30.9 Å². The topological polar surface area (TPSA) is 28.5 Å². The number of halogens is 3. The van der Waals surface area contributed by atoms with Crippen LogP contribution in [0.15, 0.2) is 47.7 Å². The number of likely N-dealkylation sites (N-methyl/N-ethyl adjacent to an activating group) is 1. The minimum absolute atomic E-state index is 0. The SMILES string of the molecule is CN(C)C1=NC(c2cccnc2)c2cccc(Cl)c2C1.Cl.Cl. The van der Waals surface area contributed by atoms with Crippen LogP contribution in [0, 0.1) is 0 Å². The van der Waals surface area contributed by atoms with Crippen LogP contribution in [0.25, 0.3) is 0 Å². The van der Waals surface area contributed by atoms with E-state index in [1.165, 1.54) is 11.1 Å². The van der Waals surface area contributed by atoms with Gasteiger partial charge < -0.3 is 4.90 Å². The molecule has 1 aromatic carbocycles. The first-order valence-electron chi connectivity index (χ1n) is 6.58. The number of hydrogen-bond acceptors (Lipinski definition) is 3. The molecule has 0 spiro atoms. The summed E-state index contributed by atoms with van der Waals surface area (Å²) in [4.78, 5) is 11.1. The van der Waals surface area contributed by atoms with Gasteiger partial charge in [0.15, 0.2) is 0 Å². The number of benzene rings is 1. The Kier molecular flexibility index (Phi) is 6.66. The second-order valence-electron chi connectivity index (χ2n) is 5.11. The van der Waals surface area contributed by atoms with Crippen molar-refractivity contribution < 1.29 is 0 Å². The average molecular weight is 359 g/mol. The molecule has 0 aliphatic carbocycles. The van der Waals surface area contributed by atoms with Crippen LogP contribution < -0.4 is 0 Å². The van der Waals surface area contributed by atoms with E-state index < -0.39 is 0 Å². The van der Waals surface area contributed by atoms with Crippen molar-refractivity contribution in [2.45, 2.75) is 12.5 Å². The van der Waals surface area contributed by atoms with Gasteiger partial charge in [-0.05, 0) is 28.8 Å². The second-order valence-corrected chi connectivity index (χ2v) is 5.52. The predicted octanol–water partition coefficient (Wildman–Crippen LogP) is 4.18. The number of aromatic nitrogens is 1. The van der Waals surface area contributed by atoms with Crippen molar-refractivity contribution in [3.05, 3.63) is 64.4 Å². The zero-order valence-corrected chi connectivity index (χ0v) is 14.8. The average Bonchev–Trinajstić information content (AvgIpc) is 2.47. The molecule has 3 nitrogen and oxygen atoms in total. The van der Waals surface area contributed by atoms with Crippen molar-refractivity contribution in [3.8, 4) is 0 Å². The van der Waals surface area contributed by atoms with Gasteiger partial charge in [-0.25, -0.2) is 0 Å². The molecule has 1 aliphatic rings. The predicted molar refractivity (Wildman–Crippen MR) is 96.9 cm³/mol. The summed E-state index contributed by atoms with van der Waals surface area (Å²) in [5, 5.41) is 0.811. The molecule has 1 unspecified atom stereocenters. The van der Waals surface area contributed by atoms with Gasteiger partial charge >= 0.3 is 0 Å². The van der Waals surface area contributed by atoms with Crippen LogP contribution in [-0.4, -0.2) is 29.8 Å². The third-order valence-corrected chi connectivity index (χ3v) is 3.93. The van der Waals surface area contributed by atoms with Gasteiger partial charge in [0.1, 0.15) is 11.9 Å². The van der Waals surface area contributed by atoms with Crippen LogP contribution in [-0.2, 0) is 6.42 Å². The summed E-state index contributed by atoms with van der Waals surface area (Å²) in [5.41, 5.74) is 3.44. The normalized spacial score (nSPS) is 15.8. The third kappa shape index (κ3) is 3.54. The van der Waals surface area contributed by atoms with Crippen LogP contribution >= 0.6 is 36.4 Å². The summed E-state index contributed by atoms with van der Waals surface area (Å²) >= 11 is 6.38. The molecular formula is C16H18Cl3N3. The highest BCUT2D eigenvalue weighted by Crippen LogP contribution is 2.35. The molecule has 0 fully saturated rings. The molecule has 0 bridgehead atoms. The van der Waals surface area contributed by atoms with Crippen LogP contribution in [0.5, 0.6) is 0 Å². The lowest BCUT2D eigenvalue weighted by atomic mass is 9.91. The highest BCUT2D eigenvalue weighted by atomic mass is 35.5. The fourth-order valence-electron chi connectivity index (χ4n) is 2.51. The van der Waals surface area contributed by atoms with E-state index >= 15 is 0 Å². The number of rotatable bonds is 1. The summed E-state index contributed by atoms with van der Waals surface area (Å²) in [6.07, 6.45) is 4.43. The molecule has 2 heterocycles. The van der Waals surface area contributed by atoms with E-state index in [0.29, 0.717) is 0 Å². The molecule has 0 amide bonds. The first-order chi connectivity index (χ1) is 9.66. The van der Waals surface area contributed by atoms with Crippen molar-refractivity contribution >= 4 is 42.3 Å². The maximum absolute atomic E-state index is 6.38. The zero-order chi connectivity index (χ0) is 14.1. The van der Waals surface area contributed by atoms with E-state index in [1.54, 1.807) is 6.20 Å². The van der Waals surface area contributed by atoms with Gasteiger partial charge in [-0.15, -0.1) is 24.8 Å². The van der Waals surface area contributed by atoms with Crippen molar-refractivity contribution in [2.24, 2.45) is 4.99 Å². The van der Waals surface area contributed by atoms with Gasteiger partial charge in [0.05, 0.1) is 0 Å². The Hall–Kier alpha value is -1.29. The maximum Gasteiger partial charge on any atom is 0.104 e. The van der Waals surface area contributed by atoms with Crippen LogP contribution in [0.2, 0.25) is 5.02 Å². The number of hydrogen-bond donors (Lipinski definition) is 0. The molecule has 1 aromatic heterocycles. The van der Waals surface area contributed by atoms with Gasteiger partial charge in [0, 0.05) is 37.9 Å². The number of amidine groups is 1. The number of pyridine rings is 1. The summed E-state index contributed by atoms with van der Waals surface area (Å²) < 4.78 is 0. The lowest BCUT2D eigenvalue weighted by Crippen LogP contribution is -2.29. The number of aliphatic imine (C=N–C) groups is 1. The van der Waals surface area contributed by atoms with E-state index in [2.05, 4.69) is 22.0 Å². The number of fused-ring (bicyclic) bond motifs is 1. The Bertz CT molecular complexity index is 657. The second kappa shape index (κ2) is 7.82. The molecule has 0 N–H and O–H groups in total. The monoisotopic (exact) mass is 357 g/mol. The Labute approximate surface area is 148 Å². The van der Waals surface area contributed by atoms with E-state index in [4.69, 9.17) is 16.6 Å². The molecule has 1 atom stereocenters. The quantitative estimate of drug-likeness (QED) is 0.765. The smallest absolute Gasteiger partial charge is 0.104 e. The standard InChI is InChI=1S/C16H16ClN3.2ClH/c1-20(2)15-9-13-12(6-3-7-14(13)17)16(19-15)11-5-4-8-18-10-11;;/h3-8,10,16H,9H2,1-2H3;2*1H.